The lowest BCUT2D eigenvalue weighted by molar-refractivity contribution is -0.133. The van der Waals surface area contributed by atoms with Gasteiger partial charge in [0, 0.05) is 13.2 Å². The van der Waals surface area contributed by atoms with E-state index in [1.54, 1.807) is 10.9 Å². The maximum Gasteiger partial charge on any atom is 0.313 e. The summed E-state index contributed by atoms with van der Waals surface area (Å²) in [7, 11) is 0. The van der Waals surface area contributed by atoms with Crippen LogP contribution in [0.15, 0.2) is 11.5 Å². The molecular weight excluding hydrogens is 242 g/mol. The molecule has 7 heteroatoms. The van der Waals surface area contributed by atoms with Crippen LogP contribution in [-0.2, 0) is 16.1 Å². The van der Waals surface area contributed by atoms with Gasteiger partial charge in [-0.05, 0) is 6.42 Å². The van der Waals surface area contributed by atoms with E-state index >= 15 is 0 Å². The maximum atomic E-state index is 10.4. The van der Waals surface area contributed by atoms with Crippen LogP contribution in [0.1, 0.15) is 19.8 Å². The van der Waals surface area contributed by atoms with Gasteiger partial charge < -0.3 is 14.4 Å². The van der Waals surface area contributed by atoms with Crippen molar-refractivity contribution in [3.05, 3.63) is 6.33 Å². The number of nitrogens with zero attached hydrogens (tertiary/aromatic N) is 3. The number of carboxylic acids is 1. The Bertz CT molecular complexity index is 343. The molecule has 0 amide bonds. The van der Waals surface area contributed by atoms with Crippen LogP contribution in [0.2, 0.25) is 0 Å². The predicted molar refractivity (Wildman–Crippen MR) is 64.1 cm³/mol. The number of aromatic nitrogens is 3. The first-order valence-electron chi connectivity index (χ1n) is 5.54. The van der Waals surface area contributed by atoms with Crippen molar-refractivity contribution in [2.45, 2.75) is 31.5 Å². The minimum atomic E-state index is -0.858. The van der Waals surface area contributed by atoms with Crippen LogP contribution in [0.25, 0.3) is 0 Å². The molecule has 0 aliphatic rings. The summed E-state index contributed by atoms with van der Waals surface area (Å²) in [6.07, 6.45) is 3.77. The average Bonchev–Trinajstić information content (AvgIpc) is 2.73. The summed E-state index contributed by atoms with van der Waals surface area (Å²) < 4.78 is 7.23. The molecule has 0 bridgehead atoms. The zero-order valence-electron chi connectivity index (χ0n) is 9.83. The molecule has 0 aromatic carbocycles. The molecule has 17 heavy (non-hydrogen) atoms. The van der Waals surface area contributed by atoms with E-state index in [0.717, 1.165) is 31.2 Å². The van der Waals surface area contributed by atoms with Crippen molar-refractivity contribution < 1.29 is 14.6 Å². The number of rotatable bonds is 9. The zero-order chi connectivity index (χ0) is 12.5. The van der Waals surface area contributed by atoms with E-state index in [4.69, 9.17) is 9.84 Å². The largest absolute Gasteiger partial charge is 0.481 e. The van der Waals surface area contributed by atoms with E-state index in [1.807, 2.05) is 0 Å². The number of aliphatic carboxylic acids is 1. The second-order valence-corrected chi connectivity index (χ2v) is 4.40. The van der Waals surface area contributed by atoms with Gasteiger partial charge in [0.1, 0.15) is 6.33 Å². The highest BCUT2D eigenvalue weighted by Crippen LogP contribution is 2.13. The highest BCUT2D eigenvalue weighted by atomic mass is 32.2. The number of thioether (sulfide) groups is 1. The molecule has 1 N–H and O–H groups in total. The topological polar surface area (TPSA) is 77.2 Å². The summed E-state index contributed by atoms with van der Waals surface area (Å²) in [5.74, 6) is -0.862. The molecule has 1 aromatic heterocycles. The Labute approximate surface area is 104 Å². The lowest BCUT2D eigenvalue weighted by Gasteiger charge is -2.06. The molecule has 0 aliphatic carbocycles. The summed E-state index contributed by atoms with van der Waals surface area (Å²) in [5, 5.41) is 16.8. The van der Waals surface area contributed by atoms with E-state index in [2.05, 4.69) is 17.1 Å². The number of hydrogen-bond donors (Lipinski definition) is 1. The van der Waals surface area contributed by atoms with Crippen LogP contribution in [-0.4, -0.2) is 44.8 Å². The SMILES string of the molecule is CCCCOCCn1cnnc1SCC(=O)O. The summed E-state index contributed by atoms with van der Waals surface area (Å²) in [5.41, 5.74) is 0. The van der Waals surface area contributed by atoms with Crippen molar-refractivity contribution in [1.29, 1.82) is 0 Å². The molecular formula is C10H17N3O3S. The van der Waals surface area contributed by atoms with Crippen molar-refractivity contribution in [3.63, 3.8) is 0 Å². The fourth-order valence-electron chi connectivity index (χ4n) is 1.15. The smallest absolute Gasteiger partial charge is 0.313 e. The standard InChI is InChI=1S/C10H17N3O3S/c1-2-3-5-16-6-4-13-8-11-12-10(13)17-7-9(14)15/h8H,2-7H2,1H3,(H,14,15). The second-order valence-electron chi connectivity index (χ2n) is 3.46. The lowest BCUT2D eigenvalue weighted by Crippen LogP contribution is -2.08. The second kappa shape index (κ2) is 8.08. The Morgan fingerprint density at radius 3 is 3.12 bits per heavy atom. The fraction of sp³-hybridized carbons (Fsp3) is 0.700. The molecule has 0 saturated heterocycles. The van der Waals surface area contributed by atoms with Gasteiger partial charge in [-0.3, -0.25) is 4.79 Å². The van der Waals surface area contributed by atoms with E-state index in [0.29, 0.717) is 18.3 Å². The van der Waals surface area contributed by atoms with Crippen LogP contribution >= 0.6 is 11.8 Å². The predicted octanol–water partition coefficient (Wildman–Crippen LogP) is 1.27. The first-order valence-corrected chi connectivity index (χ1v) is 6.52. The summed E-state index contributed by atoms with van der Waals surface area (Å²) in [6.45, 7) is 4.12. The van der Waals surface area contributed by atoms with Gasteiger partial charge in [0.2, 0.25) is 0 Å². The van der Waals surface area contributed by atoms with E-state index in [-0.39, 0.29) is 5.75 Å². The van der Waals surface area contributed by atoms with Gasteiger partial charge in [-0.1, -0.05) is 25.1 Å². The van der Waals surface area contributed by atoms with Gasteiger partial charge in [0.15, 0.2) is 5.16 Å². The van der Waals surface area contributed by atoms with E-state index < -0.39 is 5.97 Å². The number of carboxylic acid groups (broad SMARTS) is 1. The summed E-state index contributed by atoms with van der Waals surface area (Å²) in [6, 6.07) is 0. The molecule has 1 aromatic rings. The highest BCUT2D eigenvalue weighted by Gasteiger charge is 2.07. The summed E-state index contributed by atoms with van der Waals surface area (Å²) >= 11 is 1.16. The van der Waals surface area contributed by atoms with E-state index in [1.165, 1.54) is 0 Å². The normalized spacial score (nSPS) is 10.6. The van der Waals surface area contributed by atoms with E-state index in [9.17, 15) is 4.79 Å². The van der Waals surface area contributed by atoms with Crippen LogP contribution < -0.4 is 0 Å². The van der Waals surface area contributed by atoms with Crippen LogP contribution in [0.4, 0.5) is 0 Å². The van der Waals surface area contributed by atoms with Gasteiger partial charge in [-0.2, -0.15) is 0 Å². The van der Waals surface area contributed by atoms with Crippen molar-refractivity contribution >= 4 is 17.7 Å². The van der Waals surface area contributed by atoms with Gasteiger partial charge in [0.25, 0.3) is 0 Å². The third-order valence-electron chi connectivity index (χ3n) is 2.02. The molecule has 0 spiro atoms. The Morgan fingerprint density at radius 2 is 2.41 bits per heavy atom. The minimum Gasteiger partial charge on any atom is -0.481 e. The molecule has 0 atom stereocenters. The fourth-order valence-corrected chi connectivity index (χ4v) is 1.81. The molecule has 96 valence electrons. The highest BCUT2D eigenvalue weighted by molar-refractivity contribution is 7.99. The third-order valence-corrected chi connectivity index (χ3v) is 2.99. The molecule has 1 rings (SSSR count). The number of unbranched alkanes of at least 4 members (excludes halogenated alkanes) is 1. The van der Waals surface area contributed by atoms with Gasteiger partial charge in [0.05, 0.1) is 12.4 Å². The van der Waals surface area contributed by atoms with Crippen molar-refractivity contribution in [2.24, 2.45) is 0 Å². The number of ether oxygens (including phenoxy) is 1. The summed E-state index contributed by atoms with van der Waals surface area (Å²) in [4.78, 5) is 10.4. The lowest BCUT2D eigenvalue weighted by atomic mass is 10.4. The Balaban J connectivity index is 2.27. The van der Waals surface area contributed by atoms with Gasteiger partial charge >= 0.3 is 5.97 Å². The molecule has 0 unspecified atom stereocenters. The zero-order valence-corrected chi connectivity index (χ0v) is 10.7. The molecule has 0 aliphatic heterocycles. The minimum absolute atomic E-state index is 0.00458. The Hall–Kier alpha value is -1.08. The number of carbonyl (C=O) groups is 1. The average molecular weight is 259 g/mol. The van der Waals surface area contributed by atoms with Crippen LogP contribution in [0, 0.1) is 0 Å². The Morgan fingerprint density at radius 1 is 1.59 bits per heavy atom. The molecule has 6 nitrogen and oxygen atoms in total. The molecule has 0 saturated carbocycles. The van der Waals surface area contributed by atoms with Gasteiger partial charge in [-0.15, -0.1) is 10.2 Å². The first-order chi connectivity index (χ1) is 8.24. The monoisotopic (exact) mass is 259 g/mol. The number of hydrogen-bond acceptors (Lipinski definition) is 5. The van der Waals surface area contributed by atoms with Crippen molar-refractivity contribution in [3.8, 4) is 0 Å². The Kier molecular flexibility index (Phi) is 6.64. The molecule has 0 fully saturated rings. The first kappa shape index (κ1) is 14.0. The quantitative estimate of drug-likeness (QED) is 0.531. The maximum absolute atomic E-state index is 10.4. The van der Waals surface area contributed by atoms with Crippen LogP contribution in [0.3, 0.4) is 0 Å². The van der Waals surface area contributed by atoms with Gasteiger partial charge in [-0.25, -0.2) is 0 Å². The molecule has 0 radical (unpaired) electrons. The third kappa shape index (κ3) is 5.69. The molecule has 1 heterocycles. The van der Waals surface area contributed by atoms with Crippen molar-refractivity contribution in [1.82, 2.24) is 14.8 Å². The van der Waals surface area contributed by atoms with Crippen LogP contribution in [0.5, 0.6) is 0 Å². The van der Waals surface area contributed by atoms with Crippen molar-refractivity contribution in [2.75, 3.05) is 19.0 Å².